The first kappa shape index (κ1) is 54.2. The maximum absolute atomic E-state index is 13.2. The number of benzene rings is 5. The summed E-state index contributed by atoms with van der Waals surface area (Å²) in [6.45, 7) is 5.96. The molecule has 1 fully saturated rings. The van der Waals surface area contributed by atoms with E-state index < -0.39 is 19.1 Å². The lowest BCUT2D eigenvalue weighted by Gasteiger charge is -2.21. The van der Waals surface area contributed by atoms with Crippen LogP contribution in [0, 0.1) is 0 Å². The molecular weight excluding hydrogens is 1150 g/mol. The van der Waals surface area contributed by atoms with Crippen LogP contribution in [0.5, 0.6) is 0 Å². The number of aromatic nitrogens is 3. The molecule has 0 bridgehead atoms. The van der Waals surface area contributed by atoms with Gasteiger partial charge in [0.25, 0.3) is 19.1 Å². The van der Waals surface area contributed by atoms with E-state index in [1.165, 1.54) is 54.6 Å². The molecule has 0 aliphatic carbocycles. The summed E-state index contributed by atoms with van der Waals surface area (Å²) in [4.78, 5) is 24.3. The summed E-state index contributed by atoms with van der Waals surface area (Å²) in [6.07, 6.45) is 13.9. The van der Waals surface area contributed by atoms with Gasteiger partial charge in [0.15, 0.2) is 0 Å². The summed E-state index contributed by atoms with van der Waals surface area (Å²) in [5, 5.41) is 3.51. The Morgan fingerprint density at radius 3 is 1.62 bits per heavy atom. The van der Waals surface area contributed by atoms with Gasteiger partial charge in [0.05, 0.1) is 15.3 Å². The van der Waals surface area contributed by atoms with E-state index in [1.807, 2.05) is 43.6 Å². The molecule has 0 radical (unpaired) electrons. The number of ketones is 1. The van der Waals surface area contributed by atoms with Crippen molar-refractivity contribution in [3.05, 3.63) is 177 Å². The number of Topliss-reactive ketones (excluding diaryl/α,β-unsaturated/α-hetero) is 1. The van der Waals surface area contributed by atoms with E-state index in [9.17, 15) is 21.6 Å². The van der Waals surface area contributed by atoms with Crippen LogP contribution in [-0.4, -0.2) is 112 Å². The number of halogens is 4. The summed E-state index contributed by atoms with van der Waals surface area (Å²) < 4.78 is 52.2. The number of H-pyrrole nitrogens is 2. The second-order valence-corrected chi connectivity index (χ2v) is 24.6. The molecule has 5 aromatic carbocycles. The predicted molar refractivity (Wildman–Crippen MR) is 302 cm³/mol. The normalized spacial score (nSPS) is 15.8. The van der Waals surface area contributed by atoms with Crippen molar-refractivity contribution in [1.82, 2.24) is 28.6 Å². The lowest BCUT2D eigenvalue weighted by Crippen LogP contribution is -2.29. The minimum absolute atomic E-state index is 0.136. The van der Waals surface area contributed by atoms with Crippen molar-refractivity contribution in [3.8, 4) is 0 Å². The molecule has 0 atom stereocenters. The summed E-state index contributed by atoms with van der Waals surface area (Å²) >= 11 is 10.5. The smallest absolute Gasteiger partial charge is 0.268 e. The van der Waals surface area contributed by atoms with Crippen LogP contribution < -0.4 is 0 Å². The van der Waals surface area contributed by atoms with Gasteiger partial charge in [-0.3, -0.25) is 4.79 Å². The van der Waals surface area contributed by atoms with Crippen LogP contribution in [0.25, 0.3) is 43.9 Å². The fourth-order valence-corrected chi connectivity index (χ4v) is 11.5. The van der Waals surface area contributed by atoms with Gasteiger partial charge in [-0.05, 0) is 130 Å². The second-order valence-electron chi connectivity index (χ2n) is 17.5. The number of piperidine rings is 1. The fraction of sp³-hybridized carbons (Fsp3) is 0.241. The van der Waals surface area contributed by atoms with Crippen LogP contribution in [-0.2, 0) is 23.9 Å². The van der Waals surface area contributed by atoms with Gasteiger partial charge < -0.3 is 24.7 Å². The predicted octanol–water partition coefficient (Wildman–Crippen LogP) is 12.8. The van der Waals surface area contributed by atoms with E-state index in [0.717, 1.165) is 89.3 Å². The number of likely N-dealkylation sites (N-methyl/N-ethyl adjacent to an activating group) is 2. The first-order valence-corrected chi connectivity index (χ1v) is 29.2. The van der Waals surface area contributed by atoms with E-state index in [2.05, 4.69) is 141 Å². The molecule has 372 valence electrons. The summed E-state index contributed by atoms with van der Waals surface area (Å²) in [5.41, 5.74) is 8.11. The zero-order valence-electron chi connectivity index (χ0n) is 39.7. The Hall–Kier alpha value is -4.62. The van der Waals surface area contributed by atoms with E-state index in [-0.39, 0.29) is 4.90 Å². The highest BCUT2D eigenvalue weighted by Crippen LogP contribution is 2.35. The quantitative estimate of drug-likeness (QED) is 0.163. The van der Waals surface area contributed by atoms with Gasteiger partial charge >= 0.3 is 0 Å². The van der Waals surface area contributed by atoms with E-state index >= 15 is 0 Å². The maximum Gasteiger partial charge on any atom is 0.268 e. The number of nitrogens with zero attached hydrogens (tertiary/aromatic N) is 4. The van der Waals surface area contributed by atoms with E-state index in [1.54, 1.807) is 48.7 Å². The topological polar surface area (TPSA) is 132 Å². The first-order valence-electron chi connectivity index (χ1n) is 23.0. The van der Waals surface area contributed by atoms with Crippen molar-refractivity contribution in [1.29, 1.82) is 0 Å². The molecule has 2 N–H and O–H groups in total. The molecule has 11 nitrogen and oxygen atoms in total. The van der Waals surface area contributed by atoms with Gasteiger partial charge in [-0.25, -0.2) is 20.8 Å². The van der Waals surface area contributed by atoms with Crippen LogP contribution in [0.3, 0.4) is 0 Å². The molecular formula is C54H56Br3ClN6O5S2. The SMILES string of the molecule is Brc1ccc2[nH]ccc2c1.CN1CC=C(c2c[nH]c3ccc(Br)cc23)CC1.CN1CC=C(c2cn(S(=O)(=O)c3ccccc3)c3ccc(Br)cc23)CC1.CN1CCC(=O)CC1.O=S(=O)(Cl)c1ccccc1. The molecule has 0 unspecified atom stereocenters. The van der Waals surface area contributed by atoms with Gasteiger partial charge in [-0.15, -0.1) is 0 Å². The van der Waals surface area contributed by atoms with Gasteiger partial charge in [-0.1, -0.05) is 96.3 Å². The number of hydrogen-bond acceptors (Lipinski definition) is 8. The highest BCUT2D eigenvalue weighted by Gasteiger charge is 2.23. The molecule has 1 saturated heterocycles. The average Bonchev–Trinajstić information content (AvgIpc) is 4.12. The average molecular weight is 1210 g/mol. The molecule has 0 spiro atoms. The van der Waals surface area contributed by atoms with Crippen molar-refractivity contribution in [2.75, 3.05) is 60.4 Å². The van der Waals surface area contributed by atoms with Crippen LogP contribution >= 0.6 is 58.5 Å². The van der Waals surface area contributed by atoms with Gasteiger partial charge in [0.1, 0.15) is 5.78 Å². The molecule has 3 aliphatic heterocycles. The monoisotopic (exact) mass is 1200 g/mol. The van der Waals surface area contributed by atoms with Crippen molar-refractivity contribution in [3.63, 3.8) is 0 Å². The molecule has 71 heavy (non-hydrogen) atoms. The Balaban J connectivity index is 0.000000141. The third-order valence-electron chi connectivity index (χ3n) is 12.3. The Morgan fingerprint density at radius 1 is 0.549 bits per heavy atom. The molecule has 3 aromatic heterocycles. The van der Waals surface area contributed by atoms with Gasteiger partial charge in [-0.2, -0.15) is 0 Å². The fourth-order valence-electron chi connectivity index (χ4n) is 8.20. The van der Waals surface area contributed by atoms with Crippen molar-refractivity contribution in [2.45, 2.75) is 35.5 Å². The van der Waals surface area contributed by atoms with Crippen LogP contribution in [0.2, 0.25) is 0 Å². The maximum atomic E-state index is 13.2. The molecule has 3 aliphatic rings. The zero-order chi connectivity index (χ0) is 50.7. The van der Waals surface area contributed by atoms with Crippen molar-refractivity contribution in [2.24, 2.45) is 0 Å². The lowest BCUT2D eigenvalue weighted by molar-refractivity contribution is -0.121. The van der Waals surface area contributed by atoms with Crippen LogP contribution in [0.4, 0.5) is 0 Å². The molecule has 11 rings (SSSR count). The summed E-state index contributed by atoms with van der Waals surface area (Å²) in [5.74, 6) is 0.420. The molecule has 17 heteroatoms. The van der Waals surface area contributed by atoms with Crippen LogP contribution in [0.1, 0.15) is 36.8 Å². The summed E-state index contributed by atoms with van der Waals surface area (Å²) in [6, 6.07) is 36.8. The number of fused-ring (bicyclic) bond motifs is 3. The minimum Gasteiger partial charge on any atom is -0.361 e. The lowest BCUT2D eigenvalue weighted by atomic mass is 9.99. The molecule has 0 amide bonds. The number of rotatable bonds is 5. The molecule has 6 heterocycles. The number of hydrogen-bond donors (Lipinski definition) is 2. The Bertz CT molecular complexity index is 3380. The van der Waals surface area contributed by atoms with E-state index in [0.29, 0.717) is 16.2 Å². The number of carbonyl (C=O) groups is 1. The number of nitrogens with one attached hydrogen (secondary N) is 2. The van der Waals surface area contributed by atoms with Crippen molar-refractivity contribution >= 4 is 127 Å². The Kier molecular flexibility index (Phi) is 19.0. The Morgan fingerprint density at radius 2 is 1.07 bits per heavy atom. The van der Waals surface area contributed by atoms with Gasteiger partial charge in [0.2, 0.25) is 0 Å². The second kappa shape index (κ2) is 24.9. The minimum atomic E-state index is -3.64. The Labute approximate surface area is 446 Å². The standard InChI is InChI=1S/C20H19BrN2O2S.C14H15BrN2.C8H6BrN.C6H5ClO2S.C6H11NO/c1-22-11-9-15(10-12-22)19-14-23(20-8-7-16(21)13-18(19)20)26(24,25)17-5-3-2-4-6-17;1-17-6-4-10(5-7-17)13-9-16-14-3-2-11(15)8-12(13)14;9-7-1-2-8-6(5-7)3-4-10-8;7-10(8,9)6-4-2-1-3-5-6;1-7-4-2-6(8)3-5-7/h2-9,13-14H,10-12H2,1H3;2-4,8-9,16H,5-7H2,1H3;1-5,10H;1-5H;2-5H2,1H3. The number of aromatic amines is 2. The largest absolute Gasteiger partial charge is 0.361 e. The third-order valence-corrected chi connectivity index (χ3v) is 16.8. The zero-order valence-corrected chi connectivity index (χ0v) is 46.8. The highest BCUT2D eigenvalue weighted by atomic mass is 79.9. The number of likely N-dealkylation sites (tertiary alicyclic amines) is 1. The molecule has 8 aromatic rings. The summed E-state index contributed by atoms with van der Waals surface area (Å²) in [7, 11) is 4.16. The van der Waals surface area contributed by atoms with Gasteiger partial charge in [0, 0.05) is 133 Å². The number of carbonyl (C=O) groups excluding carboxylic acids is 1. The molecule has 0 saturated carbocycles. The highest BCUT2D eigenvalue weighted by molar-refractivity contribution is 9.11. The first-order chi connectivity index (χ1) is 34.0. The van der Waals surface area contributed by atoms with Crippen LogP contribution in [0.15, 0.2) is 175 Å². The third kappa shape index (κ3) is 14.8. The van der Waals surface area contributed by atoms with E-state index in [4.69, 9.17) is 10.7 Å². The van der Waals surface area contributed by atoms with Crippen molar-refractivity contribution < 1.29 is 21.6 Å².